The molecule has 1 saturated carbocycles. The third-order valence-corrected chi connectivity index (χ3v) is 4.69. The Labute approximate surface area is 130 Å². The van der Waals surface area contributed by atoms with Gasteiger partial charge in [-0.25, -0.2) is 0 Å². The van der Waals surface area contributed by atoms with Crippen LogP contribution < -0.4 is 5.32 Å². The average Bonchev–Trinajstić information content (AvgIpc) is 2.37. The molecule has 1 aliphatic rings. The van der Waals surface area contributed by atoms with Crippen molar-refractivity contribution < 1.29 is 9.90 Å². The highest BCUT2D eigenvalue weighted by atomic mass is 79.9. The summed E-state index contributed by atoms with van der Waals surface area (Å²) < 4.78 is 1.66. The predicted octanol–water partition coefficient (Wildman–Crippen LogP) is 3.64. The second-order valence-corrected chi connectivity index (χ2v) is 6.86. The van der Waals surface area contributed by atoms with Gasteiger partial charge >= 0.3 is 0 Å². The number of carbonyl (C=O) groups is 1. The Hall–Kier alpha value is -0.390. The monoisotopic (exact) mass is 389 g/mol. The van der Waals surface area contributed by atoms with E-state index in [0.717, 1.165) is 34.6 Å². The lowest BCUT2D eigenvalue weighted by atomic mass is 9.85. The van der Waals surface area contributed by atoms with Crippen LogP contribution in [-0.4, -0.2) is 23.2 Å². The normalized spacial score (nSPS) is 18.1. The SMILES string of the molecule is O=C(NCC1(O)CCCCC1)c1ccc(Br)cc1Br. The summed E-state index contributed by atoms with van der Waals surface area (Å²) in [4.78, 5) is 12.1. The summed E-state index contributed by atoms with van der Waals surface area (Å²) in [6, 6.07) is 5.42. The number of hydrogen-bond acceptors (Lipinski definition) is 2. The van der Waals surface area contributed by atoms with E-state index >= 15 is 0 Å². The molecule has 0 aliphatic heterocycles. The Balaban J connectivity index is 1.97. The van der Waals surface area contributed by atoms with Crippen LogP contribution in [0, 0.1) is 0 Å². The van der Waals surface area contributed by atoms with E-state index in [0.29, 0.717) is 12.1 Å². The molecule has 0 heterocycles. The lowest BCUT2D eigenvalue weighted by Gasteiger charge is -2.32. The Morgan fingerprint density at radius 1 is 1.26 bits per heavy atom. The molecule has 1 aromatic carbocycles. The summed E-state index contributed by atoms with van der Waals surface area (Å²) in [5.41, 5.74) is -0.141. The third kappa shape index (κ3) is 4.04. The average molecular weight is 391 g/mol. The van der Waals surface area contributed by atoms with Crippen LogP contribution in [0.25, 0.3) is 0 Å². The smallest absolute Gasteiger partial charge is 0.252 e. The molecule has 2 rings (SSSR count). The zero-order valence-electron chi connectivity index (χ0n) is 10.6. The first-order chi connectivity index (χ1) is 9.00. The minimum Gasteiger partial charge on any atom is -0.388 e. The highest BCUT2D eigenvalue weighted by Gasteiger charge is 2.29. The van der Waals surface area contributed by atoms with E-state index < -0.39 is 5.60 Å². The van der Waals surface area contributed by atoms with E-state index in [1.54, 1.807) is 6.07 Å². The molecule has 0 spiro atoms. The summed E-state index contributed by atoms with van der Waals surface area (Å²) >= 11 is 6.73. The van der Waals surface area contributed by atoms with Gasteiger partial charge in [-0.15, -0.1) is 0 Å². The largest absolute Gasteiger partial charge is 0.388 e. The second-order valence-electron chi connectivity index (χ2n) is 5.09. The number of halogens is 2. The maximum atomic E-state index is 12.1. The number of rotatable bonds is 3. The fraction of sp³-hybridized carbons (Fsp3) is 0.500. The van der Waals surface area contributed by atoms with Gasteiger partial charge in [0.1, 0.15) is 0 Å². The lowest BCUT2D eigenvalue weighted by Crippen LogP contribution is -2.44. The third-order valence-electron chi connectivity index (χ3n) is 3.54. The van der Waals surface area contributed by atoms with Crippen molar-refractivity contribution in [3.8, 4) is 0 Å². The number of amides is 1. The molecule has 0 radical (unpaired) electrons. The van der Waals surface area contributed by atoms with Gasteiger partial charge in [-0.05, 0) is 47.0 Å². The van der Waals surface area contributed by atoms with Crippen molar-refractivity contribution >= 4 is 37.8 Å². The summed E-state index contributed by atoms with van der Waals surface area (Å²) in [7, 11) is 0. The molecular weight excluding hydrogens is 374 g/mol. The molecule has 2 N–H and O–H groups in total. The van der Waals surface area contributed by atoms with E-state index in [1.165, 1.54) is 6.42 Å². The van der Waals surface area contributed by atoms with Gasteiger partial charge in [-0.3, -0.25) is 4.79 Å². The fourth-order valence-corrected chi connectivity index (χ4v) is 3.63. The first kappa shape index (κ1) is 15.0. The quantitative estimate of drug-likeness (QED) is 0.827. The number of benzene rings is 1. The van der Waals surface area contributed by atoms with Crippen molar-refractivity contribution in [2.45, 2.75) is 37.7 Å². The van der Waals surface area contributed by atoms with Crippen LogP contribution in [0.2, 0.25) is 0 Å². The van der Waals surface area contributed by atoms with Gasteiger partial charge in [-0.2, -0.15) is 0 Å². The molecule has 0 atom stereocenters. The minimum absolute atomic E-state index is 0.154. The zero-order chi connectivity index (χ0) is 13.9. The minimum atomic E-state index is -0.726. The van der Waals surface area contributed by atoms with Crippen molar-refractivity contribution in [2.75, 3.05) is 6.54 Å². The Bertz CT molecular complexity index is 471. The van der Waals surface area contributed by atoms with Gasteiger partial charge in [0, 0.05) is 15.5 Å². The molecule has 104 valence electrons. The summed E-state index contributed by atoms with van der Waals surface area (Å²) in [6.45, 7) is 0.328. The van der Waals surface area contributed by atoms with Gasteiger partial charge in [-0.1, -0.05) is 35.2 Å². The van der Waals surface area contributed by atoms with Gasteiger partial charge in [0.15, 0.2) is 0 Å². The molecule has 0 unspecified atom stereocenters. The summed E-state index contributed by atoms with van der Waals surface area (Å²) in [5.74, 6) is -0.154. The van der Waals surface area contributed by atoms with Crippen LogP contribution in [0.15, 0.2) is 27.1 Å². The topological polar surface area (TPSA) is 49.3 Å². The van der Waals surface area contributed by atoms with Crippen molar-refractivity contribution in [2.24, 2.45) is 0 Å². The number of nitrogens with one attached hydrogen (secondary N) is 1. The second kappa shape index (κ2) is 6.37. The van der Waals surface area contributed by atoms with E-state index in [4.69, 9.17) is 0 Å². The van der Waals surface area contributed by atoms with Crippen LogP contribution in [0.5, 0.6) is 0 Å². The maximum absolute atomic E-state index is 12.1. The number of carbonyl (C=O) groups excluding carboxylic acids is 1. The van der Waals surface area contributed by atoms with Crippen LogP contribution >= 0.6 is 31.9 Å². The van der Waals surface area contributed by atoms with E-state index in [-0.39, 0.29) is 5.91 Å². The predicted molar refractivity (Wildman–Crippen MR) is 82.2 cm³/mol. The Morgan fingerprint density at radius 3 is 2.58 bits per heavy atom. The molecule has 1 aromatic rings. The van der Waals surface area contributed by atoms with Crippen LogP contribution in [0.1, 0.15) is 42.5 Å². The van der Waals surface area contributed by atoms with Crippen LogP contribution in [-0.2, 0) is 0 Å². The molecule has 3 nitrogen and oxygen atoms in total. The maximum Gasteiger partial charge on any atom is 0.252 e. The molecule has 0 saturated heterocycles. The molecule has 1 amide bonds. The summed E-state index contributed by atoms with van der Waals surface area (Å²) in [5, 5.41) is 13.2. The molecule has 5 heteroatoms. The van der Waals surface area contributed by atoms with Crippen molar-refractivity contribution in [1.29, 1.82) is 0 Å². The van der Waals surface area contributed by atoms with Gasteiger partial charge < -0.3 is 10.4 Å². The molecule has 1 fully saturated rings. The van der Waals surface area contributed by atoms with Crippen molar-refractivity contribution in [3.63, 3.8) is 0 Å². The van der Waals surface area contributed by atoms with Gasteiger partial charge in [0.25, 0.3) is 5.91 Å². The molecule has 1 aliphatic carbocycles. The van der Waals surface area contributed by atoms with Crippen molar-refractivity contribution in [3.05, 3.63) is 32.7 Å². The first-order valence-electron chi connectivity index (χ1n) is 6.46. The van der Waals surface area contributed by atoms with Gasteiger partial charge in [0.05, 0.1) is 11.2 Å². The van der Waals surface area contributed by atoms with E-state index in [9.17, 15) is 9.90 Å². The summed E-state index contributed by atoms with van der Waals surface area (Å²) in [6.07, 6.45) is 4.79. The van der Waals surface area contributed by atoms with Crippen LogP contribution in [0.3, 0.4) is 0 Å². The standard InChI is InChI=1S/C14H17Br2NO2/c15-10-4-5-11(12(16)8-10)13(18)17-9-14(19)6-2-1-3-7-14/h4-5,8,19H,1-3,6-7,9H2,(H,17,18). The molecule has 0 aromatic heterocycles. The highest BCUT2D eigenvalue weighted by molar-refractivity contribution is 9.11. The van der Waals surface area contributed by atoms with Gasteiger partial charge in [0.2, 0.25) is 0 Å². The van der Waals surface area contributed by atoms with E-state index in [2.05, 4.69) is 37.2 Å². The Kier molecular flexibility index (Phi) is 5.03. The zero-order valence-corrected chi connectivity index (χ0v) is 13.8. The molecule has 0 bridgehead atoms. The number of aliphatic hydroxyl groups is 1. The van der Waals surface area contributed by atoms with Crippen LogP contribution in [0.4, 0.5) is 0 Å². The van der Waals surface area contributed by atoms with E-state index in [1.807, 2.05) is 12.1 Å². The van der Waals surface area contributed by atoms with Crippen molar-refractivity contribution in [1.82, 2.24) is 5.32 Å². The highest BCUT2D eigenvalue weighted by Crippen LogP contribution is 2.27. The molecule has 19 heavy (non-hydrogen) atoms. The number of hydrogen-bond donors (Lipinski definition) is 2. The Morgan fingerprint density at radius 2 is 1.95 bits per heavy atom. The lowest BCUT2D eigenvalue weighted by molar-refractivity contribution is 0.00525. The first-order valence-corrected chi connectivity index (χ1v) is 8.04. The fourth-order valence-electron chi connectivity index (χ4n) is 2.40. The molecular formula is C14H17Br2NO2.